The Hall–Kier alpha value is -3.85. The van der Waals surface area contributed by atoms with Crippen LogP contribution in [-0.4, -0.2) is 48.8 Å². The van der Waals surface area contributed by atoms with E-state index in [0.29, 0.717) is 17.9 Å². The molecule has 4 N–H and O–H groups in total. The van der Waals surface area contributed by atoms with Crippen LogP contribution in [0.2, 0.25) is 0 Å². The molecule has 0 unspecified atom stereocenters. The second kappa shape index (κ2) is 11.5. The van der Waals surface area contributed by atoms with Crippen molar-refractivity contribution in [2.24, 2.45) is 5.73 Å². The maximum atomic E-state index is 13.2. The zero-order valence-electron chi connectivity index (χ0n) is 22.3. The van der Waals surface area contributed by atoms with Gasteiger partial charge in [-0.2, -0.15) is 0 Å². The number of carbonyl (C=O) groups excluding carboxylic acids is 2. The van der Waals surface area contributed by atoms with Crippen molar-refractivity contribution in [2.75, 3.05) is 20.8 Å². The number of nitrogens with zero attached hydrogens (tertiary/aromatic N) is 1. The average molecular weight is 509 g/mol. The van der Waals surface area contributed by atoms with Gasteiger partial charge in [0.2, 0.25) is 11.8 Å². The number of benzene rings is 2. The quantitative estimate of drug-likeness (QED) is 0.360. The number of nitrogens with two attached hydrogens (primary N) is 1. The predicted molar refractivity (Wildman–Crippen MR) is 142 cm³/mol. The van der Waals surface area contributed by atoms with E-state index in [2.05, 4.69) is 15.8 Å². The number of rotatable bonds is 11. The van der Waals surface area contributed by atoms with Gasteiger partial charge in [0, 0.05) is 16.6 Å². The molecular weight excluding hydrogens is 472 g/mol. The lowest BCUT2D eigenvalue weighted by Gasteiger charge is -2.36. The number of ether oxygens (including phenoxy) is 2. The van der Waals surface area contributed by atoms with Gasteiger partial charge in [-0.1, -0.05) is 17.3 Å². The lowest BCUT2D eigenvalue weighted by Crippen LogP contribution is -2.54. The van der Waals surface area contributed by atoms with Crippen molar-refractivity contribution in [1.82, 2.24) is 15.8 Å². The van der Waals surface area contributed by atoms with Crippen LogP contribution in [0.1, 0.15) is 39.9 Å². The first-order valence-corrected chi connectivity index (χ1v) is 12.1. The van der Waals surface area contributed by atoms with E-state index in [1.54, 1.807) is 14.2 Å². The normalized spacial score (nSPS) is 11.6. The summed E-state index contributed by atoms with van der Waals surface area (Å²) in [4.78, 5) is 24.9. The Morgan fingerprint density at radius 3 is 1.81 bits per heavy atom. The smallest absolute Gasteiger partial charge is 0.234 e. The van der Waals surface area contributed by atoms with Gasteiger partial charge in [-0.15, -0.1) is 0 Å². The summed E-state index contributed by atoms with van der Waals surface area (Å²) < 4.78 is 16.3. The zero-order chi connectivity index (χ0) is 27.2. The SMILES string of the molecule is COc1ccc(-c2noc(CC(=O)NC(C)(C)CC(C)(C)NC(=O)CN)c2-c2ccc(OC)cc2)cc1. The van der Waals surface area contributed by atoms with E-state index < -0.39 is 11.1 Å². The fourth-order valence-electron chi connectivity index (χ4n) is 4.64. The Kier molecular flexibility index (Phi) is 8.60. The van der Waals surface area contributed by atoms with Gasteiger partial charge in [-0.25, -0.2) is 0 Å². The third kappa shape index (κ3) is 7.33. The lowest BCUT2D eigenvalue weighted by atomic mass is 9.86. The molecule has 0 bridgehead atoms. The van der Waals surface area contributed by atoms with Crippen molar-refractivity contribution in [3.8, 4) is 33.9 Å². The lowest BCUT2D eigenvalue weighted by molar-refractivity contribution is -0.122. The highest BCUT2D eigenvalue weighted by atomic mass is 16.5. The van der Waals surface area contributed by atoms with E-state index in [1.807, 2.05) is 76.2 Å². The van der Waals surface area contributed by atoms with Crippen LogP contribution in [0.4, 0.5) is 0 Å². The van der Waals surface area contributed by atoms with E-state index in [4.69, 9.17) is 19.7 Å². The molecule has 0 aliphatic rings. The maximum Gasteiger partial charge on any atom is 0.234 e. The molecule has 1 aromatic heterocycles. The Morgan fingerprint density at radius 1 is 0.838 bits per heavy atom. The van der Waals surface area contributed by atoms with Crippen LogP contribution in [0.3, 0.4) is 0 Å². The van der Waals surface area contributed by atoms with Crippen LogP contribution in [0, 0.1) is 0 Å². The third-order valence-corrected chi connectivity index (χ3v) is 5.85. The number of carbonyl (C=O) groups is 2. The van der Waals surface area contributed by atoms with Gasteiger partial charge in [0.25, 0.3) is 0 Å². The summed E-state index contributed by atoms with van der Waals surface area (Å²) in [6, 6.07) is 15.0. The zero-order valence-corrected chi connectivity index (χ0v) is 22.3. The van der Waals surface area contributed by atoms with Crippen molar-refractivity contribution >= 4 is 11.8 Å². The van der Waals surface area contributed by atoms with Crippen LogP contribution < -0.4 is 25.8 Å². The van der Waals surface area contributed by atoms with Gasteiger partial charge in [-0.05, 0) is 76.1 Å². The second-order valence-electron chi connectivity index (χ2n) is 10.2. The molecule has 0 saturated carbocycles. The molecule has 3 aromatic rings. The minimum atomic E-state index is -0.610. The largest absolute Gasteiger partial charge is 0.497 e. The van der Waals surface area contributed by atoms with Crippen LogP contribution in [-0.2, 0) is 16.0 Å². The summed E-state index contributed by atoms with van der Waals surface area (Å²) in [5.74, 6) is 1.42. The molecule has 3 rings (SSSR count). The highest BCUT2D eigenvalue weighted by Crippen LogP contribution is 2.36. The van der Waals surface area contributed by atoms with E-state index in [0.717, 1.165) is 28.2 Å². The van der Waals surface area contributed by atoms with Crippen molar-refractivity contribution in [3.05, 3.63) is 54.3 Å². The molecule has 2 aromatic carbocycles. The van der Waals surface area contributed by atoms with Crippen LogP contribution in [0.5, 0.6) is 11.5 Å². The number of hydrogen-bond acceptors (Lipinski definition) is 7. The highest BCUT2D eigenvalue weighted by Gasteiger charge is 2.32. The minimum Gasteiger partial charge on any atom is -0.497 e. The average Bonchev–Trinajstić information content (AvgIpc) is 3.25. The Balaban J connectivity index is 1.87. The Bertz CT molecular complexity index is 1210. The Labute approximate surface area is 217 Å². The van der Waals surface area contributed by atoms with Crippen molar-refractivity contribution < 1.29 is 23.6 Å². The van der Waals surface area contributed by atoms with Gasteiger partial charge < -0.3 is 30.4 Å². The van der Waals surface area contributed by atoms with Gasteiger partial charge in [0.15, 0.2) is 5.76 Å². The van der Waals surface area contributed by atoms with Gasteiger partial charge in [-0.3, -0.25) is 9.59 Å². The summed E-state index contributed by atoms with van der Waals surface area (Å²) in [7, 11) is 3.22. The first kappa shape index (κ1) is 27.7. The van der Waals surface area contributed by atoms with Gasteiger partial charge in [0.05, 0.1) is 32.7 Å². The fourth-order valence-corrected chi connectivity index (χ4v) is 4.64. The molecule has 0 aliphatic carbocycles. The summed E-state index contributed by atoms with van der Waals surface area (Å²) in [5, 5.41) is 10.3. The van der Waals surface area contributed by atoms with Crippen LogP contribution in [0.15, 0.2) is 53.1 Å². The van der Waals surface area contributed by atoms with Gasteiger partial charge in [0.1, 0.15) is 17.2 Å². The topological polar surface area (TPSA) is 129 Å². The standard InChI is InChI=1S/C28H36N4O5/c1-27(2,17-28(3,4)31-24(34)16-29)30-23(33)15-22-25(18-7-11-20(35-5)12-8-18)26(32-37-22)19-9-13-21(36-6)14-10-19/h7-14H,15-17,29H2,1-6H3,(H,30,33)(H,31,34). The summed E-state index contributed by atoms with van der Waals surface area (Å²) in [5.41, 5.74) is 7.30. The van der Waals surface area contributed by atoms with Crippen molar-refractivity contribution in [2.45, 2.75) is 51.6 Å². The molecule has 0 radical (unpaired) electrons. The number of aromatic nitrogens is 1. The van der Waals surface area contributed by atoms with Crippen molar-refractivity contribution in [1.29, 1.82) is 0 Å². The monoisotopic (exact) mass is 508 g/mol. The number of amides is 2. The van der Waals surface area contributed by atoms with Gasteiger partial charge >= 0.3 is 0 Å². The summed E-state index contributed by atoms with van der Waals surface area (Å²) in [6.07, 6.45) is 0.486. The van der Waals surface area contributed by atoms with Crippen LogP contribution in [0.25, 0.3) is 22.4 Å². The second-order valence-corrected chi connectivity index (χ2v) is 10.2. The molecule has 198 valence electrons. The Morgan fingerprint density at radius 2 is 1.32 bits per heavy atom. The van der Waals surface area contributed by atoms with E-state index >= 15 is 0 Å². The highest BCUT2D eigenvalue weighted by molar-refractivity contribution is 5.87. The molecule has 0 fully saturated rings. The molecule has 37 heavy (non-hydrogen) atoms. The van der Waals surface area contributed by atoms with Crippen LogP contribution >= 0.6 is 0 Å². The number of methoxy groups -OCH3 is 2. The first-order chi connectivity index (χ1) is 17.5. The fraction of sp³-hybridized carbons (Fsp3) is 0.393. The minimum absolute atomic E-state index is 0.0104. The molecule has 0 aliphatic heterocycles. The maximum absolute atomic E-state index is 13.2. The predicted octanol–water partition coefficient (Wildman–Crippen LogP) is 3.71. The number of hydrogen-bond donors (Lipinski definition) is 3. The number of nitrogens with one attached hydrogen (secondary N) is 2. The summed E-state index contributed by atoms with van der Waals surface area (Å²) in [6.45, 7) is 7.53. The molecule has 9 nitrogen and oxygen atoms in total. The molecule has 2 amide bonds. The molecule has 0 spiro atoms. The third-order valence-electron chi connectivity index (χ3n) is 5.85. The first-order valence-electron chi connectivity index (χ1n) is 12.1. The van der Waals surface area contributed by atoms with E-state index in [9.17, 15) is 9.59 Å². The molecule has 1 heterocycles. The molecule has 9 heteroatoms. The van der Waals surface area contributed by atoms with Crippen molar-refractivity contribution in [3.63, 3.8) is 0 Å². The summed E-state index contributed by atoms with van der Waals surface area (Å²) >= 11 is 0. The van der Waals surface area contributed by atoms with E-state index in [-0.39, 0.29) is 24.8 Å². The molecule has 0 saturated heterocycles. The van der Waals surface area contributed by atoms with E-state index in [1.165, 1.54) is 0 Å². The molecule has 0 atom stereocenters. The molecular formula is C28H36N4O5.